The third-order valence-electron chi connectivity index (χ3n) is 6.79. The van der Waals surface area contributed by atoms with Crippen LogP contribution in [0.2, 0.25) is 0 Å². The zero-order valence-electron chi connectivity index (χ0n) is 19.2. The second-order valence-electron chi connectivity index (χ2n) is 9.31. The largest absolute Gasteiger partial charge is 0.353 e. The fraction of sp³-hybridized carbons (Fsp3) is 0.385. The molecule has 176 valence electrons. The average Bonchev–Trinajstić information content (AvgIpc) is 3.27. The molecule has 34 heavy (non-hydrogen) atoms. The Morgan fingerprint density at radius 3 is 2.56 bits per heavy atom. The van der Waals surface area contributed by atoms with Crippen molar-refractivity contribution >= 4 is 22.6 Å². The Labute approximate surface area is 196 Å². The molecule has 7 nitrogen and oxygen atoms in total. The highest BCUT2D eigenvalue weighted by molar-refractivity contribution is 5.80. The van der Waals surface area contributed by atoms with Crippen molar-refractivity contribution in [2.24, 2.45) is 5.92 Å². The van der Waals surface area contributed by atoms with Crippen molar-refractivity contribution in [1.29, 1.82) is 0 Å². The molecule has 5 rings (SSSR count). The van der Waals surface area contributed by atoms with Crippen molar-refractivity contribution in [2.45, 2.75) is 58.0 Å². The molecular weight excluding hydrogens is 433 g/mol. The summed E-state index contributed by atoms with van der Waals surface area (Å²) in [5.41, 5.74) is 1.31. The first-order chi connectivity index (χ1) is 16.5. The topological polar surface area (TPSA) is 81.3 Å². The summed E-state index contributed by atoms with van der Waals surface area (Å²) in [6, 6.07) is 13.6. The minimum absolute atomic E-state index is 0.0141. The van der Waals surface area contributed by atoms with Gasteiger partial charge in [-0.15, -0.1) is 10.2 Å². The predicted octanol–water partition coefficient (Wildman–Crippen LogP) is 3.86. The van der Waals surface area contributed by atoms with Gasteiger partial charge in [0.25, 0.3) is 5.56 Å². The van der Waals surface area contributed by atoms with Crippen molar-refractivity contribution in [1.82, 2.24) is 24.5 Å². The van der Waals surface area contributed by atoms with E-state index in [1.54, 1.807) is 22.8 Å². The van der Waals surface area contributed by atoms with Crippen LogP contribution in [0, 0.1) is 11.7 Å². The van der Waals surface area contributed by atoms with E-state index >= 15 is 0 Å². The molecule has 1 aliphatic carbocycles. The lowest BCUT2D eigenvalue weighted by molar-refractivity contribution is -0.122. The summed E-state index contributed by atoms with van der Waals surface area (Å²) >= 11 is 0. The van der Waals surface area contributed by atoms with E-state index in [0.717, 1.165) is 37.2 Å². The molecule has 0 atom stereocenters. The van der Waals surface area contributed by atoms with Crippen LogP contribution in [0.4, 0.5) is 4.39 Å². The smallest absolute Gasteiger partial charge is 0.263 e. The molecule has 0 bridgehead atoms. The molecule has 2 heterocycles. The first kappa shape index (κ1) is 22.3. The first-order valence-electron chi connectivity index (χ1n) is 11.9. The van der Waals surface area contributed by atoms with Crippen LogP contribution < -0.4 is 10.9 Å². The summed E-state index contributed by atoms with van der Waals surface area (Å²) in [6.07, 6.45) is 5.07. The standard InChI is InChI=1S/C26H28FN5O2/c1-17-6-12-20(13-7-17)28-24(33)15-14-23-29-30-26-31(16-18-8-10-19(27)11-9-18)25(34)21-4-2-3-5-22(21)32(23)26/h2-5,8-11,17,20H,6-7,12-16H2,1H3,(H,28,33). The highest BCUT2D eigenvalue weighted by Gasteiger charge is 2.21. The van der Waals surface area contributed by atoms with Gasteiger partial charge in [0.2, 0.25) is 11.7 Å². The number of carbonyl (C=O) groups is 1. The van der Waals surface area contributed by atoms with Crippen LogP contribution in [-0.2, 0) is 17.8 Å². The second-order valence-corrected chi connectivity index (χ2v) is 9.31. The van der Waals surface area contributed by atoms with Crippen LogP contribution in [0.15, 0.2) is 53.3 Å². The number of aromatic nitrogens is 4. The van der Waals surface area contributed by atoms with Crippen LogP contribution >= 0.6 is 0 Å². The minimum Gasteiger partial charge on any atom is -0.353 e. The van der Waals surface area contributed by atoms with Gasteiger partial charge in [0.05, 0.1) is 17.4 Å². The van der Waals surface area contributed by atoms with Crippen LogP contribution in [-0.4, -0.2) is 31.1 Å². The summed E-state index contributed by atoms with van der Waals surface area (Å²) in [4.78, 5) is 25.9. The SMILES string of the molecule is CC1CCC(NC(=O)CCc2nnc3n(Cc4ccc(F)cc4)c(=O)c4ccccc4n23)CC1. The summed E-state index contributed by atoms with van der Waals surface area (Å²) in [5, 5.41) is 12.4. The number of fused-ring (bicyclic) bond motifs is 3. The van der Waals surface area contributed by atoms with E-state index in [2.05, 4.69) is 22.4 Å². The van der Waals surface area contributed by atoms with Crippen molar-refractivity contribution in [3.8, 4) is 0 Å². The van der Waals surface area contributed by atoms with Crippen molar-refractivity contribution in [3.05, 3.63) is 76.1 Å². The molecule has 0 unspecified atom stereocenters. The molecule has 0 saturated heterocycles. The number of nitrogens with one attached hydrogen (secondary N) is 1. The Hall–Kier alpha value is -3.55. The van der Waals surface area contributed by atoms with Gasteiger partial charge in [0.1, 0.15) is 11.6 Å². The lowest BCUT2D eigenvalue weighted by atomic mass is 9.87. The Kier molecular flexibility index (Phi) is 6.13. The lowest BCUT2D eigenvalue weighted by Gasteiger charge is -2.26. The van der Waals surface area contributed by atoms with E-state index in [9.17, 15) is 14.0 Å². The Bertz CT molecular complexity index is 1380. The van der Waals surface area contributed by atoms with E-state index in [4.69, 9.17) is 0 Å². The molecule has 0 spiro atoms. The quantitative estimate of drug-likeness (QED) is 0.473. The number of benzene rings is 2. The molecule has 1 saturated carbocycles. The van der Waals surface area contributed by atoms with Crippen molar-refractivity contribution < 1.29 is 9.18 Å². The van der Waals surface area contributed by atoms with Gasteiger partial charge in [-0.3, -0.25) is 18.6 Å². The lowest BCUT2D eigenvalue weighted by Crippen LogP contribution is -2.37. The number of halogens is 1. The maximum Gasteiger partial charge on any atom is 0.263 e. The van der Waals surface area contributed by atoms with Gasteiger partial charge in [0.15, 0.2) is 0 Å². The zero-order chi connectivity index (χ0) is 23.7. The van der Waals surface area contributed by atoms with E-state index in [1.807, 2.05) is 22.6 Å². The molecule has 1 fully saturated rings. The number of nitrogens with zero attached hydrogens (tertiary/aromatic N) is 4. The number of aryl methyl sites for hydroxylation is 1. The van der Waals surface area contributed by atoms with Crippen LogP contribution in [0.1, 0.15) is 50.4 Å². The van der Waals surface area contributed by atoms with Gasteiger partial charge >= 0.3 is 0 Å². The van der Waals surface area contributed by atoms with Crippen molar-refractivity contribution in [2.75, 3.05) is 0 Å². The fourth-order valence-electron chi connectivity index (χ4n) is 4.82. The molecule has 1 N–H and O–H groups in total. The number of para-hydroxylation sites is 1. The maximum absolute atomic E-state index is 13.4. The summed E-state index contributed by atoms with van der Waals surface area (Å²) in [5.74, 6) is 1.46. The highest BCUT2D eigenvalue weighted by Crippen LogP contribution is 2.23. The van der Waals surface area contributed by atoms with Gasteiger partial charge in [-0.25, -0.2) is 4.39 Å². The molecule has 1 aliphatic rings. The van der Waals surface area contributed by atoms with E-state index in [0.29, 0.717) is 35.3 Å². The Morgan fingerprint density at radius 1 is 1.06 bits per heavy atom. The molecule has 0 aliphatic heterocycles. The van der Waals surface area contributed by atoms with E-state index < -0.39 is 0 Å². The number of carbonyl (C=O) groups excluding carboxylic acids is 1. The number of hydrogen-bond acceptors (Lipinski definition) is 4. The normalized spacial score (nSPS) is 18.4. The zero-order valence-corrected chi connectivity index (χ0v) is 19.2. The fourth-order valence-corrected chi connectivity index (χ4v) is 4.82. The predicted molar refractivity (Wildman–Crippen MR) is 128 cm³/mol. The highest BCUT2D eigenvalue weighted by atomic mass is 19.1. The third-order valence-corrected chi connectivity index (χ3v) is 6.79. The van der Waals surface area contributed by atoms with Gasteiger partial charge < -0.3 is 5.32 Å². The number of amides is 1. The summed E-state index contributed by atoms with van der Waals surface area (Å²) in [6.45, 7) is 2.50. The third kappa shape index (κ3) is 4.44. The molecule has 4 aromatic rings. The Balaban J connectivity index is 1.44. The summed E-state index contributed by atoms with van der Waals surface area (Å²) in [7, 11) is 0. The monoisotopic (exact) mass is 461 g/mol. The number of rotatable bonds is 6. The molecule has 8 heteroatoms. The van der Waals surface area contributed by atoms with Crippen LogP contribution in [0.3, 0.4) is 0 Å². The molecule has 1 amide bonds. The van der Waals surface area contributed by atoms with E-state index in [1.165, 1.54) is 12.1 Å². The van der Waals surface area contributed by atoms with Gasteiger partial charge in [0, 0.05) is 18.9 Å². The maximum atomic E-state index is 13.4. The van der Waals surface area contributed by atoms with Crippen LogP contribution in [0.5, 0.6) is 0 Å². The molecule has 2 aromatic heterocycles. The molecular formula is C26H28FN5O2. The van der Waals surface area contributed by atoms with Crippen molar-refractivity contribution in [3.63, 3.8) is 0 Å². The van der Waals surface area contributed by atoms with Crippen LogP contribution in [0.25, 0.3) is 16.7 Å². The first-order valence-corrected chi connectivity index (χ1v) is 11.9. The molecule has 0 radical (unpaired) electrons. The second kappa shape index (κ2) is 9.37. The van der Waals surface area contributed by atoms with Gasteiger partial charge in [-0.1, -0.05) is 31.2 Å². The molecule has 2 aromatic carbocycles. The average molecular weight is 462 g/mol. The summed E-state index contributed by atoms with van der Waals surface area (Å²) < 4.78 is 16.8. The Morgan fingerprint density at radius 2 is 1.79 bits per heavy atom. The number of hydrogen-bond donors (Lipinski definition) is 1. The minimum atomic E-state index is -0.328. The van der Waals surface area contributed by atoms with E-state index in [-0.39, 0.29) is 29.9 Å². The van der Waals surface area contributed by atoms with Gasteiger partial charge in [-0.05, 0) is 61.4 Å². The van der Waals surface area contributed by atoms with Gasteiger partial charge in [-0.2, -0.15) is 0 Å².